The molecule has 0 saturated carbocycles. The Kier molecular flexibility index (Phi) is 3.14. The van der Waals surface area contributed by atoms with E-state index in [4.69, 9.17) is 9.52 Å². The summed E-state index contributed by atoms with van der Waals surface area (Å²) >= 11 is 0. The van der Waals surface area contributed by atoms with Crippen molar-refractivity contribution in [1.82, 2.24) is 0 Å². The lowest BCUT2D eigenvalue weighted by Crippen LogP contribution is -2.39. The fourth-order valence-electron chi connectivity index (χ4n) is 1.26. The quantitative estimate of drug-likeness (QED) is 0.597. The molecule has 0 radical (unpaired) electrons. The van der Waals surface area contributed by atoms with Crippen LogP contribution in [0.5, 0.6) is 0 Å². The highest BCUT2D eigenvalue weighted by Gasteiger charge is 2.42. The van der Waals surface area contributed by atoms with Crippen molar-refractivity contribution in [2.45, 2.75) is 13.3 Å². The summed E-state index contributed by atoms with van der Waals surface area (Å²) in [6.07, 6.45) is 2.88. The van der Waals surface area contributed by atoms with Crippen LogP contribution in [0.4, 0.5) is 0 Å². The Morgan fingerprint density at radius 2 is 2.27 bits per heavy atom. The van der Waals surface area contributed by atoms with Crippen LogP contribution in [0.25, 0.3) is 0 Å². The second-order valence-electron chi connectivity index (χ2n) is 3.44. The highest BCUT2D eigenvalue weighted by atomic mass is 16.5. The van der Waals surface area contributed by atoms with Crippen molar-refractivity contribution < 1.29 is 23.8 Å². The molecule has 0 bridgehead atoms. The van der Waals surface area contributed by atoms with E-state index in [9.17, 15) is 9.59 Å². The van der Waals surface area contributed by atoms with Crippen LogP contribution < -0.4 is 0 Å². The van der Waals surface area contributed by atoms with Crippen LogP contribution >= 0.6 is 0 Å². The smallest absolute Gasteiger partial charge is 0.323 e. The predicted molar refractivity (Wildman–Crippen MR) is 50.2 cm³/mol. The van der Waals surface area contributed by atoms with Gasteiger partial charge in [0.1, 0.15) is 0 Å². The molecule has 0 aliphatic rings. The molecule has 1 atom stereocenters. The number of furan rings is 1. The number of carboxylic acids is 1. The molecule has 1 rings (SSSR count). The minimum atomic E-state index is -1.57. The Morgan fingerprint density at radius 1 is 1.60 bits per heavy atom. The van der Waals surface area contributed by atoms with Gasteiger partial charge in [0.15, 0.2) is 5.41 Å². The number of carboxylic acid groups (broad SMARTS) is 1. The zero-order valence-corrected chi connectivity index (χ0v) is 8.52. The summed E-state index contributed by atoms with van der Waals surface area (Å²) in [6, 6.07) is 1.62. The van der Waals surface area contributed by atoms with Crippen molar-refractivity contribution in [3.8, 4) is 0 Å². The van der Waals surface area contributed by atoms with E-state index in [1.165, 1.54) is 26.6 Å². The van der Waals surface area contributed by atoms with Gasteiger partial charge in [0, 0.05) is 6.42 Å². The summed E-state index contributed by atoms with van der Waals surface area (Å²) in [7, 11) is 1.17. The molecule has 1 unspecified atom stereocenters. The molecule has 1 heterocycles. The molecular formula is C10H12O5. The first-order valence-electron chi connectivity index (χ1n) is 4.33. The van der Waals surface area contributed by atoms with Gasteiger partial charge in [-0.3, -0.25) is 9.59 Å². The van der Waals surface area contributed by atoms with Gasteiger partial charge < -0.3 is 14.3 Å². The topological polar surface area (TPSA) is 76.7 Å². The van der Waals surface area contributed by atoms with Crippen LogP contribution in [0.3, 0.4) is 0 Å². The molecule has 0 aliphatic carbocycles. The highest BCUT2D eigenvalue weighted by molar-refractivity contribution is 5.98. The molecule has 1 aromatic heterocycles. The van der Waals surface area contributed by atoms with Crippen molar-refractivity contribution in [3.05, 3.63) is 24.2 Å². The number of rotatable bonds is 4. The van der Waals surface area contributed by atoms with Gasteiger partial charge in [-0.1, -0.05) is 0 Å². The molecule has 15 heavy (non-hydrogen) atoms. The lowest BCUT2D eigenvalue weighted by atomic mass is 9.84. The van der Waals surface area contributed by atoms with E-state index in [0.29, 0.717) is 5.56 Å². The molecule has 82 valence electrons. The zero-order valence-electron chi connectivity index (χ0n) is 8.52. The summed E-state index contributed by atoms with van der Waals surface area (Å²) in [5.74, 6) is -1.98. The number of carbonyl (C=O) groups is 2. The van der Waals surface area contributed by atoms with E-state index in [-0.39, 0.29) is 6.42 Å². The van der Waals surface area contributed by atoms with Crippen LogP contribution in [-0.4, -0.2) is 24.2 Å². The van der Waals surface area contributed by atoms with Crippen LogP contribution in [0.2, 0.25) is 0 Å². The molecule has 0 fully saturated rings. The monoisotopic (exact) mass is 212 g/mol. The Morgan fingerprint density at radius 3 is 2.67 bits per heavy atom. The van der Waals surface area contributed by atoms with Crippen molar-refractivity contribution in [2.75, 3.05) is 7.11 Å². The summed E-state index contributed by atoms with van der Waals surface area (Å²) in [4.78, 5) is 22.4. The largest absolute Gasteiger partial charge is 0.480 e. The van der Waals surface area contributed by atoms with E-state index in [2.05, 4.69) is 4.74 Å². The van der Waals surface area contributed by atoms with Crippen LogP contribution in [0.1, 0.15) is 12.5 Å². The van der Waals surface area contributed by atoms with Gasteiger partial charge >= 0.3 is 11.9 Å². The lowest BCUT2D eigenvalue weighted by molar-refractivity contribution is -0.165. The minimum Gasteiger partial charge on any atom is -0.480 e. The Labute approximate surface area is 86.6 Å². The van der Waals surface area contributed by atoms with Gasteiger partial charge in [-0.2, -0.15) is 0 Å². The zero-order chi connectivity index (χ0) is 11.5. The van der Waals surface area contributed by atoms with Crippen LogP contribution in [0.15, 0.2) is 23.0 Å². The van der Waals surface area contributed by atoms with Crippen molar-refractivity contribution >= 4 is 11.9 Å². The number of esters is 1. The number of hydrogen-bond donors (Lipinski definition) is 1. The fourth-order valence-corrected chi connectivity index (χ4v) is 1.26. The number of ether oxygens (including phenoxy) is 1. The molecule has 0 saturated heterocycles. The normalized spacial score (nSPS) is 14.3. The van der Waals surface area contributed by atoms with Gasteiger partial charge in [-0.15, -0.1) is 0 Å². The van der Waals surface area contributed by atoms with Crippen molar-refractivity contribution in [3.63, 3.8) is 0 Å². The average molecular weight is 212 g/mol. The second-order valence-corrected chi connectivity index (χ2v) is 3.44. The summed E-state index contributed by atoms with van der Waals surface area (Å²) in [5.41, 5.74) is -0.927. The van der Waals surface area contributed by atoms with E-state index in [1.807, 2.05) is 0 Å². The van der Waals surface area contributed by atoms with Gasteiger partial charge in [-0.05, 0) is 18.6 Å². The summed E-state index contributed by atoms with van der Waals surface area (Å²) in [6.45, 7) is 1.33. The van der Waals surface area contributed by atoms with E-state index >= 15 is 0 Å². The third-order valence-electron chi connectivity index (χ3n) is 2.25. The average Bonchev–Trinajstić information content (AvgIpc) is 2.68. The molecule has 0 aliphatic heterocycles. The first kappa shape index (κ1) is 11.3. The Hall–Kier alpha value is -1.78. The Balaban J connectivity index is 2.92. The molecule has 1 aromatic rings. The third kappa shape index (κ3) is 2.18. The van der Waals surface area contributed by atoms with Gasteiger partial charge in [0.2, 0.25) is 0 Å². The number of methoxy groups -OCH3 is 1. The van der Waals surface area contributed by atoms with Crippen LogP contribution in [0, 0.1) is 5.41 Å². The molecule has 5 nitrogen and oxygen atoms in total. The maximum atomic E-state index is 11.4. The first-order chi connectivity index (χ1) is 7.00. The van der Waals surface area contributed by atoms with E-state index < -0.39 is 17.4 Å². The van der Waals surface area contributed by atoms with E-state index in [0.717, 1.165) is 0 Å². The van der Waals surface area contributed by atoms with Gasteiger partial charge in [0.05, 0.1) is 19.6 Å². The molecule has 0 amide bonds. The molecular weight excluding hydrogens is 200 g/mol. The maximum absolute atomic E-state index is 11.4. The molecule has 1 N–H and O–H groups in total. The SMILES string of the molecule is COC(=O)C(C)(Cc1ccoc1)C(=O)O. The predicted octanol–water partition coefficient (Wildman–Crippen LogP) is 1.09. The highest BCUT2D eigenvalue weighted by Crippen LogP contribution is 2.24. The Bertz CT molecular complexity index is 354. The molecule has 5 heteroatoms. The van der Waals surface area contributed by atoms with Crippen molar-refractivity contribution in [2.24, 2.45) is 5.41 Å². The lowest BCUT2D eigenvalue weighted by Gasteiger charge is -2.20. The van der Waals surface area contributed by atoms with Gasteiger partial charge in [0.25, 0.3) is 0 Å². The summed E-state index contributed by atoms with van der Waals surface area (Å²) < 4.78 is 9.28. The second kappa shape index (κ2) is 4.16. The molecule has 0 spiro atoms. The number of hydrogen-bond acceptors (Lipinski definition) is 4. The van der Waals surface area contributed by atoms with Crippen LogP contribution in [-0.2, 0) is 20.7 Å². The fraction of sp³-hybridized carbons (Fsp3) is 0.400. The third-order valence-corrected chi connectivity index (χ3v) is 2.25. The maximum Gasteiger partial charge on any atom is 0.323 e. The number of carbonyl (C=O) groups excluding carboxylic acids is 1. The summed E-state index contributed by atoms with van der Waals surface area (Å²) in [5, 5.41) is 9.00. The van der Waals surface area contributed by atoms with Crippen molar-refractivity contribution in [1.29, 1.82) is 0 Å². The van der Waals surface area contributed by atoms with Gasteiger partial charge in [-0.25, -0.2) is 0 Å². The molecule has 0 aromatic carbocycles. The standard InChI is InChI=1S/C10H12O5/c1-10(8(11)12,9(13)14-2)5-7-3-4-15-6-7/h3-4,6H,5H2,1-2H3,(H,11,12). The van der Waals surface area contributed by atoms with E-state index in [1.54, 1.807) is 6.07 Å². The first-order valence-corrected chi connectivity index (χ1v) is 4.33. The number of aliphatic carboxylic acids is 1. The minimum absolute atomic E-state index is 0.0471.